The van der Waals surface area contributed by atoms with Gasteiger partial charge >= 0.3 is 11.8 Å². The number of rotatable bonds is 6. The minimum absolute atomic E-state index is 0.270. The van der Waals surface area contributed by atoms with Crippen molar-refractivity contribution in [1.82, 2.24) is 15.5 Å². The number of halogens is 1. The Morgan fingerprint density at radius 1 is 1.28 bits per heavy atom. The zero-order valence-corrected chi connectivity index (χ0v) is 15.4. The fourth-order valence-corrected chi connectivity index (χ4v) is 2.93. The van der Waals surface area contributed by atoms with Crippen LogP contribution in [0.5, 0.6) is 0 Å². The van der Waals surface area contributed by atoms with Gasteiger partial charge in [0.1, 0.15) is 6.04 Å². The highest BCUT2D eigenvalue weighted by Crippen LogP contribution is 2.37. The molecule has 0 saturated carbocycles. The molecule has 8 heteroatoms. The van der Waals surface area contributed by atoms with Crippen LogP contribution in [0.25, 0.3) is 0 Å². The summed E-state index contributed by atoms with van der Waals surface area (Å²) in [4.78, 5) is 40.1. The molecule has 0 radical (unpaired) electrons. The summed E-state index contributed by atoms with van der Waals surface area (Å²) >= 11 is 6.01. The first-order valence-electron chi connectivity index (χ1n) is 8.19. The highest BCUT2D eigenvalue weighted by molar-refractivity contribution is 6.35. The molecule has 0 aromatic heterocycles. The van der Waals surface area contributed by atoms with E-state index < -0.39 is 17.9 Å². The number of likely N-dealkylation sites (N-methyl/N-ethyl adjacent to an activating group) is 1. The molecule has 7 nitrogen and oxygen atoms in total. The molecule has 0 saturated heterocycles. The maximum Gasteiger partial charge on any atom is 0.310 e. The Balaban J connectivity index is 2.02. The number of nitrogens with zero attached hydrogens (tertiary/aromatic N) is 2. The second kappa shape index (κ2) is 8.31. The van der Waals surface area contributed by atoms with E-state index in [-0.39, 0.29) is 5.91 Å². The Kier molecular flexibility index (Phi) is 6.39. The molecule has 0 spiro atoms. The van der Waals surface area contributed by atoms with E-state index in [1.165, 1.54) is 0 Å². The first-order chi connectivity index (χ1) is 11.8. The Labute approximate surface area is 152 Å². The summed E-state index contributed by atoms with van der Waals surface area (Å²) in [6.45, 7) is 3.52. The van der Waals surface area contributed by atoms with E-state index in [1.54, 1.807) is 23.1 Å². The van der Waals surface area contributed by atoms with E-state index in [9.17, 15) is 14.4 Å². The van der Waals surface area contributed by atoms with Gasteiger partial charge in [-0.25, -0.2) is 0 Å². The molecule has 0 aliphatic carbocycles. The van der Waals surface area contributed by atoms with Crippen LogP contribution in [0.3, 0.4) is 0 Å². The monoisotopic (exact) mass is 366 g/mol. The number of nitrogens with one attached hydrogen (secondary N) is 2. The lowest BCUT2D eigenvalue weighted by molar-refractivity contribution is -0.140. The maximum atomic E-state index is 12.5. The Hall–Kier alpha value is -2.12. The lowest BCUT2D eigenvalue weighted by atomic mass is 10.1. The van der Waals surface area contributed by atoms with Gasteiger partial charge in [-0.3, -0.25) is 14.4 Å². The van der Waals surface area contributed by atoms with Gasteiger partial charge in [-0.15, -0.1) is 0 Å². The molecular formula is C17H23ClN4O3. The number of hydrogen-bond donors (Lipinski definition) is 2. The molecule has 25 heavy (non-hydrogen) atoms. The zero-order chi connectivity index (χ0) is 18.6. The first kappa shape index (κ1) is 19.2. The fourth-order valence-electron chi connectivity index (χ4n) is 2.75. The largest absolute Gasteiger partial charge is 0.348 e. The van der Waals surface area contributed by atoms with Crippen LogP contribution in [0.2, 0.25) is 5.02 Å². The van der Waals surface area contributed by atoms with E-state index in [4.69, 9.17) is 11.6 Å². The van der Waals surface area contributed by atoms with Crippen molar-refractivity contribution in [2.45, 2.75) is 19.4 Å². The van der Waals surface area contributed by atoms with Crippen molar-refractivity contribution >= 4 is 35.0 Å². The van der Waals surface area contributed by atoms with E-state index in [0.29, 0.717) is 29.4 Å². The van der Waals surface area contributed by atoms with E-state index in [1.807, 2.05) is 25.9 Å². The molecule has 0 fully saturated rings. The third kappa shape index (κ3) is 4.49. The van der Waals surface area contributed by atoms with Crippen LogP contribution in [0.1, 0.15) is 24.9 Å². The van der Waals surface area contributed by atoms with Crippen molar-refractivity contribution in [1.29, 1.82) is 0 Å². The molecule has 1 atom stereocenters. The summed E-state index contributed by atoms with van der Waals surface area (Å²) in [5, 5.41) is 5.54. The van der Waals surface area contributed by atoms with Crippen LogP contribution in [0.15, 0.2) is 18.2 Å². The Bertz CT molecular complexity index is 678. The minimum Gasteiger partial charge on any atom is -0.348 e. The van der Waals surface area contributed by atoms with Gasteiger partial charge in [0.05, 0.1) is 0 Å². The number of fused-ring (bicyclic) bond motifs is 1. The minimum atomic E-state index is -0.895. The molecule has 0 bridgehead atoms. The van der Waals surface area contributed by atoms with Crippen molar-refractivity contribution < 1.29 is 14.4 Å². The van der Waals surface area contributed by atoms with Gasteiger partial charge in [-0.05, 0) is 52.2 Å². The van der Waals surface area contributed by atoms with Crippen molar-refractivity contribution in [2.24, 2.45) is 0 Å². The highest BCUT2D eigenvalue weighted by atomic mass is 35.5. The summed E-state index contributed by atoms with van der Waals surface area (Å²) in [5.41, 5.74) is 1.31. The average Bonchev–Trinajstić information content (AvgIpc) is 2.82. The van der Waals surface area contributed by atoms with Gasteiger partial charge in [0, 0.05) is 29.4 Å². The molecule has 3 amide bonds. The quantitative estimate of drug-likeness (QED) is 0.579. The molecule has 1 heterocycles. The summed E-state index contributed by atoms with van der Waals surface area (Å²) in [7, 11) is 3.87. The molecule has 1 aliphatic heterocycles. The SMILES string of the molecule is CCN1C(=O)[C@H](NC(=O)C(=O)NCCCN(C)C)c2cc(Cl)ccc21. The summed E-state index contributed by atoms with van der Waals surface area (Å²) in [6.07, 6.45) is 0.733. The van der Waals surface area contributed by atoms with Gasteiger partial charge < -0.3 is 20.4 Å². The van der Waals surface area contributed by atoms with E-state index >= 15 is 0 Å². The second-order valence-corrected chi connectivity index (χ2v) is 6.54. The number of benzene rings is 1. The van der Waals surface area contributed by atoms with Crippen LogP contribution >= 0.6 is 11.6 Å². The standard InChI is InChI=1S/C17H23ClN4O3/c1-4-22-13-7-6-11(18)10-12(13)14(17(22)25)20-16(24)15(23)19-8-5-9-21(2)3/h6-7,10,14H,4-5,8-9H2,1-3H3,(H,19,23)(H,20,24)/t14-/m1/s1. The predicted octanol–water partition coefficient (Wildman–Crippen LogP) is 0.932. The number of anilines is 1. The van der Waals surface area contributed by atoms with Crippen LogP contribution < -0.4 is 15.5 Å². The van der Waals surface area contributed by atoms with Crippen LogP contribution in [0.4, 0.5) is 5.69 Å². The molecule has 0 unspecified atom stereocenters. The van der Waals surface area contributed by atoms with Crippen molar-refractivity contribution in [2.75, 3.05) is 38.6 Å². The Morgan fingerprint density at radius 3 is 2.64 bits per heavy atom. The number of carbonyl (C=O) groups is 3. The van der Waals surface area contributed by atoms with Crippen molar-refractivity contribution in [3.63, 3.8) is 0 Å². The number of hydrogen-bond acceptors (Lipinski definition) is 4. The van der Waals surface area contributed by atoms with E-state index in [2.05, 4.69) is 10.6 Å². The molecule has 1 aliphatic rings. The molecule has 136 valence electrons. The van der Waals surface area contributed by atoms with Crippen LogP contribution in [-0.2, 0) is 14.4 Å². The van der Waals surface area contributed by atoms with Gasteiger partial charge in [0.25, 0.3) is 5.91 Å². The molecule has 2 rings (SSSR count). The topological polar surface area (TPSA) is 81.8 Å². The molecule has 1 aromatic carbocycles. The van der Waals surface area contributed by atoms with Crippen LogP contribution in [-0.4, -0.2) is 56.4 Å². The highest BCUT2D eigenvalue weighted by Gasteiger charge is 2.38. The average molecular weight is 367 g/mol. The normalized spacial score (nSPS) is 16.1. The fraction of sp³-hybridized carbons (Fsp3) is 0.471. The maximum absolute atomic E-state index is 12.5. The van der Waals surface area contributed by atoms with Crippen LogP contribution in [0, 0.1) is 0 Å². The third-order valence-electron chi connectivity index (χ3n) is 3.97. The van der Waals surface area contributed by atoms with Gasteiger partial charge in [-0.1, -0.05) is 11.6 Å². The lowest BCUT2D eigenvalue weighted by Crippen LogP contribution is -2.44. The lowest BCUT2D eigenvalue weighted by Gasteiger charge is -2.15. The first-order valence-corrected chi connectivity index (χ1v) is 8.57. The third-order valence-corrected chi connectivity index (χ3v) is 4.21. The smallest absolute Gasteiger partial charge is 0.310 e. The second-order valence-electron chi connectivity index (χ2n) is 6.10. The van der Waals surface area contributed by atoms with Gasteiger partial charge in [0.15, 0.2) is 0 Å². The summed E-state index contributed by atoms with van der Waals surface area (Å²) < 4.78 is 0. The molecule has 2 N–H and O–H groups in total. The van der Waals surface area contributed by atoms with Crippen molar-refractivity contribution in [3.8, 4) is 0 Å². The Morgan fingerprint density at radius 2 is 2.00 bits per heavy atom. The van der Waals surface area contributed by atoms with Crippen molar-refractivity contribution in [3.05, 3.63) is 28.8 Å². The predicted molar refractivity (Wildman–Crippen MR) is 96.5 cm³/mol. The molecule has 1 aromatic rings. The van der Waals surface area contributed by atoms with E-state index in [0.717, 1.165) is 13.0 Å². The summed E-state index contributed by atoms with van der Waals surface area (Å²) in [6, 6.07) is 4.18. The zero-order valence-electron chi connectivity index (χ0n) is 14.6. The summed E-state index contributed by atoms with van der Waals surface area (Å²) in [5.74, 6) is -1.84. The van der Waals surface area contributed by atoms with Gasteiger partial charge in [-0.2, -0.15) is 0 Å². The number of amides is 3. The van der Waals surface area contributed by atoms with Gasteiger partial charge in [0.2, 0.25) is 0 Å². The number of carbonyl (C=O) groups excluding carboxylic acids is 3. The molecular weight excluding hydrogens is 344 g/mol.